The number of hydrogen-bond donors (Lipinski definition) is 2. The zero-order valence-corrected chi connectivity index (χ0v) is 15.6. The molecule has 1 aromatic rings. The predicted octanol–water partition coefficient (Wildman–Crippen LogP) is 2.77. The lowest BCUT2D eigenvalue weighted by Gasteiger charge is -2.33. The van der Waals surface area contributed by atoms with Gasteiger partial charge < -0.3 is 20.3 Å². The number of anilines is 1. The lowest BCUT2D eigenvalue weighted by molar-refractivity contribution is -0.137. The van der Waals surface area contributed by atoms with Crippen molar-refractivity contribution in [3.05, 3.63) is 29.8 Å². The van der Waals surface area contributed by atoms with Crippen LogP contribution in [0.1, 0.15) is 50.4 Å². The molecule has 0 aromatic heterocycles. The van der Waals surface area contributed by atoms with Crippen molar-refractivity contribution in [2.75, 3.05) is 18.5 Å². The summed E-state index contributed by atoms with van der Waals surface area (Å²) in [7, 11) is 0. The van der Waals surface area contributed by atoms with Crippen molar-refractivity contribution in [1.82, 2.24) is 10.2 Å². The van der Waals surface area contributed by atoms with Crippen molar-refractivity contribution in [2.24, 2.45) is 0 Å². The fourth-order valence-electron chi connectivity index (χ4n) is 2.95. The van der Waals surface area contributed by atoms with Crippen LogP contribution in [0, 0.1) is 0 Å². The van der Waals surface area contributed by atoms with Crippen LogP contribution in [0.25, 0.3) is 0 Å². The van der Waals surface area contributed by atoms with E-state index in [0.717, 1.165) is 19.3 Å². The number of benzene rings is 1. The highest BCUT2D eigenvalue weighted by Crippen LogP contribution is 2.18. The van der Waals surface area contributed by atoms with E-state index in [0.29, 0.717) is 12.2 Å². The second-order valence-electron chi connectivity index (χ2n) is 6.81. The number of urea groups is 1. The second-order valence-corrected chi connectivity index (χ2v) is 6.81. The maximum Gasteiger partial charge on any atom is 0.340 e. The molecule has 2 rings (SSSR count). The zero-order chi connectivity index (χ0) is 19.1. The highest BCUT2D eigenvalue weighted by atomic mass is 16.5. The minimum absolute atomic E-state index is 0.0294. The molecular weight excluding hydrogens is 334 g/mol. The highest BCUT2D eigenvalue weighted by molar-refractivity contribution is 6.01. The molecule has 1 aromatic carbocycles. The molecule has 3 amide bonds. The number of likely N-dealkylation sites (tertiary alicyclic amines) is 1. The summed E-state index contributed by atoms with van der Waals surface area (Å²) >= 11 is 0. The molecule has 0 spiro atoms. The Morgan fingerprint density at radius 2 is 1.96 bits per heavy atom. The molecule has 7 heteroatoms. The minimum Gasteiger partial charge on any atom is -0.452 e. The lowest BCUT2D eigenvalue weighted by atomic mass is 10.0. The number of para-hydroxylation sites is 1. The van der Waals surface area contributed by atoms with Crippen LogP contribution in [0.5, 0.6) is 0 Å². The number of carbonyl (C=O) groups is 3. The number of ether oxygens (including phenoxy) is 1. The summed E-state index contributed by atoms with van der Waals surface area (Å²) in [6.07, 6.45) is 3.06. The Kier molecular flexibility index (Phi) is 7.00. The summed E-state index contributed by atoms with van der Waals surface area (Å²) < 4.78 is 5.19. The van der Waals surface area contributed by atoms with Gasteiger partial charge in [0, 0.05) is 18.6 Å². The first kappa shape index (κ1) is 19.8. The summed E-state index contributed by atoms with van der Waals surface area (Å²) in [6, 6.07) is 6.30. The Hall–Kier alpha value is -2.57. The van der Waals surface area contributed by atoms with Gasteiger partial charge in [0.1, 0.15) is 0 Å². The normalized spacial score (nSPS) is 16.9. The Morgan fingerprint density at radius 1 is 1.23 bits per heavy atom. The van der Waals surface area contributed by atoms with E-state index in [1.807, 2.05) is 20.8 Å². The number of esters is 1. The van der Waals surface area contributed by atoms with Crippen molar-refractivity contribution in [3.63, 3.8) is 0 Å². The lowest BCUT2D eigenvalue weighted by Crippen LogP contribution is -2.44. The summed E-state index contributed by atoms with van der Waals surface area (Å²) in [4.78, 5) is 38.3. The average Bonchev–Trinajstić information content (AvgIpc) is 2.59. The summed E-state index contributed by atoms with van der Waals surface area (Å²) in [5, 5.41) is 5.33. The van der Waals surface area contributed by atoms with E-state index in [1.165, 1.54) is 0 Å². The van der Waals surface area contributed by atoms with Crippen LogP contribution in [0.4, 0.5) is 10.5 Å². The van der Waals surface area contributed by atoms with Gasteiger partial charge in [-0.3, -0.25) is 4.79 Å². The quantitative estimate of drug-likeness (QED) is 0.790. The number of rotatable bonds is 5. The minimum atomic E-state index is -0.636. The molecule has 0 saturated carbocycles. The number of hydrogen-bond acceptors (Lipinski definition) is 4. The van der Waals surface area contributed by atoms with Crippen LogP contribution in [0.3, 0.4) is 0 Å². The van der Waals surface area contributed by atoms with E-state index in [9.17, 15) is 14.4 Å². The third kappa shape index (κ3) is 5.47. The Bertz CT molecular complexity index is 660. The fraction of sp³-hybridized carbons (Fsp3) is 0.526. The molecule has 0 aliphatic carbocycles. The smallest absolute Gasteiger partial charge is 0.340 e. The molecule has 1 saturated heterocycles. The summed E-state index contributed by atoms with van der Waals surface area (Å²) in [6.45, 7) is 6.09. The van der Waals surface area contributed by atoms with Crippen LogP contribution >= 0.6 is 0 Å². The van der Waals surface area contributed by atoms with Crippen LogP contribution in [-0.4, -0.2) is 48.0 Å². The molecule has 1 aliphatic rings. The number of carbonyl (C=O) groups excluding carboxylic acids is 3. The Morgan fingerprint density at radius 3 is 2.65 bits per heavy atom. The van der Waals surface area contributed by atoms with Gasteiger partial charge in [-0.2, -0.15) is 0 Å². The Labute approximate surface area is 154 Å². The average molecular weight is 361 g/mol. The van der Waals surface area contributed by atoms with Crippen LogP contribution in [0.2, 0.25) is 0 Å². The van der Waals surface area contributed by atoms with Crippen molar-refractivity contribution < 1.29 is 19.1 Å². The zero-order valence-electron chi connectivity index (χ0n) is 15.6. The first-order chi connectivity index (χ1) is 12.4. The number of amides is 3. The van der Waals surface area contributed by atoms with Crippen molar-refractivity contribution in [1.29, 1.82) is 0 Å². The molecule has 1 atom stereocenters. The number of nitrogens with one attached hydrogen (secondary N) is 2. The van der Waals surface area contributed by atoms with Crippen LogP contribution in [0.15, 0.2) is 24.3 Å². The maximum absolute atomic E-state index is 12.4. The van der Waals surface area contributed by atoms with Crippen molar-refractivity contribution >= 4 is 23.6 Å². The largest absolute Gasteiger partial charge is 0.452 e. The molecule has 0 bridgehead atoms. The molecule has 2 N–H and O–H groups in total. The summed E-state index contributed by atoms with van der Waals surface area (Å²) in [5.41, 5.74) is 0.556. The van der Waals surface area contributed by atoms with Gasteiger partial charge in [0.25, 0.3) is 5.91 Å². The molecule has 1 aliphatic heterocycles. The van der Waals surface area contributed by atoms with Crippen LogP contribution in [-0.2, 0) is 9.53 Å². The van der Waals surface area contributed by atoms with Crippen LogP contribution < -0.4 is 10.6 Å². The molecule has 0 radical (unpaired) electrons. The van der Waals surface area contributed by atoms with E-state index in [2.05, 4.69) is 10.6 Å². The monoisotopic (exact) mass is 361 g/mol. The second kappa shape index (κ2) is 9.22. The fourth-order valence-corrected chi connectivity index (χ4v) is 2.95. The maximum atomic E-state index is 12.4. The van der Waals surface area contributed by atoms with Crippen molar-refractivity contribution in [2.45, 2.75) is 52.1 Å². The highest BCUT2D eigenvalue weighted by Gasteiger charge is 2.24. The molecule has 1 heterocycles. The van der Waals surface area contributed by atoms with E-state index in [1.54, 1.807) is 29.2 Å². The number of piperidine rings is 1. The third-order valence-electron chi connectivity index (χ3n) is 4.27. The molecule has 26 heavy (non-hydrogen) atoms. The third-order valence-corrected chi connectivity index (χ3v) is 4.27. The van der Waals surface area contributed by atoms with Gasteiger partial charge in [-0.05, 0) is 52.2 Å². The molecular formula is C19H27N3O4. The van der Waals surface area contributed by atoms with Gasteiger partial charge in [0.15, 0.2) is 6.61 Å². The predicted molar refractivity (Wildman–Crippen MR) is 99.0 cm³/mol. The standard InChI is InChI=1S/C19H27N3O4/c1-13(2)20-19(25)21-16-10-5-4-9-15(16)18(24)26-12-17(23)22-11-7-6-8-14(22)3/h4-5,9-10,13-14H,6-8,11-12H2,1-3H3,(H2,20,21,25). The van der Waals surface area contributed by atoms with Gasteiger partial charge in [-0.25, -0.2) is 9.59 Å². The molecule has 7 nitrogen and oxygen atoms in total. The van der Waals surface area contributed by atoms with Gasteiger partial charge in [0.2, 0.25) is 0 Å². The topological polar surface area (TPSA) is 87.7 Å². The number of nitrogens with zero attached hydrogens (tertiary/aromatic N) is 1. The van der Waals surface area contributed by atoms with Crippen molar-refractivity contribution in [3.8, 4) is 0 Å². The van der Waals surface area contributed by atoms with E-state index < -0.39 is 12.0 Å². The summed E-state index contributed by atoms with van der Waals surface area (Å²) in [5.74, 6) is -0.822. The van der Waals surface area contributed by atoms with E-state index >= 15 is 0 Å². The van der Waals surface area contributed by atoms with Gasteiger partial charge in [-0.15, -0.1) is 0 Å². The SMILES string of the molecule is CC(C)NC(=O)Nc1ccccc1C(=O)OCC(=O)N1CCCCC1C. The molecule has 1 fully saturated rings. The molecule has 142 valence electrons. The van der Waals surface area contributed by atoms with Gasteiger partial charge in [-0.1, -0.05) is 12.1 Å². The van der Waals surface area contributed by atoms with Gasteiger partial charge in [0.05, 0.1) is 11.3 Å². The van der Waals surface area contributed by atoms with E-state index in [-0.39, 0.29) is 30.2 Å². The Balaban J connectivity index is 1.96. The molecule has 1 unspecified atom stereocenters. The first-order valence-electron chi connectivity index (χ1n) is 9.01. The first-order valence-corrected chi connectivity index (χ1v) is 9.01. The van der Waals surface area contributed by atoms with E-state index in [4.69, 9.17) is 4.74 Å². The van der Waals surface area contributed by atoms with Gasteiger partial charge >= 0.3 is 12.0 Å².